The Morgan fingerprint density at radius 3 is 2.40 bits per heavy atom. The van der Waals surface area contributed by atoms with E-state index in [1.807, 2.05) is 17.5 Å². The zero-order valence-electron chi connectivity index (χ0n) is 16.8. The maximum Gasteiger partial charge on any atom is 0.230 e. The summed E-state index contributed by atoms with van der Waals surface area (Å²) in [6, 6.07) is 11.9. The molecule has 30 heavy (non-hydrogen) atoms. The van der Waals surface area contributed by atoms with Crippen molar-refractivity contribution in [1.29, 1.82) is 0 Å². The summed E-state index contributed by atoms with van der Waals surface area (Å²) >= 11 is 1.32. The van der Waals surface area contributed by atoms with E-state index in [-0.39, 0.29) is 23.0 Å². The summed E-state index contributed by atoms with van der Waals surface area (Å²) < 4.78 is 34.3. The van der Waals surface area contributed by atoms with Crippen molar-refractivity contribution in [3.05, 3.63) is 53.4 Å². The Bertz CT molecular complexity index is 1140. The van der Waals surface area contributed by atoms with Crippen molar-refractivity contribution >= 4 is 32.2 Å². The van der Waals surface area contributed by atoms with Gasteiger partial charge in [0.2, 0.25) is 5.91 Å². The molecular formula is C21H22N2O5S2. The number of aromatic nitrogens is 1. The summed E-state index contributed by atoms with van der Waals surface area (Å²) in [4.78, 5) is 17.1. The van der Waals surface area contributed by atoms with Gasteiger partial charge < -0.3 is 14.8 Å². The maximum atomic E-state index is 12.4. The number of rotatable bonds is 8. The molecule has 1 amide bonds. The average molecular weight is 447 g/mol. The van der Waals surface area contributed by atoms with Crippen molar-refractivity contribution in [3.8, 4) is 22.8 Å². The first-order chi connectivity index (χ1) is 14.4. The number of nitrogens with zero attached hydrogens (tertiary/aromatic N) is 1. The van der Waals surface area contributed by atoms with Crippen molar-refractivity contribution < 1.29 is 22.7 Å². The van der Waals surface area contributed by atoms with E-state index in [4.69, 9.17) is 9.47 Å². The first-order valence-electron chi connectivity index (χ1n) is 9.15. The third-order valence-corrected chi connectivity index (χ3v) is 6.97. The molecule has 0 saturated heterocycles. The molecule has 0 fully saturated rings. The highest BCUT2D eigenvalue weighted by atomic mass is 32.2. The number of methoxy groups -OCH3 is 2. The molecule has 1 heterocycles. The largest absolute Gasteiger partial charge is 0.493 e. The first kappa shape index (κ1) is 21.8. The number of carbonyl (C=O) groups is 1. The van der Waals surface area contributed by atoms with E-state index in [2.05, 4.69) is 10.3 Å². The van der Waals surface area contributed by atoms with Gasteiger partial charge in [-0.05, 0) is 35.9 Å². The first-order valence-corrected chi connectivity index (χ1v) is 11.7. The fourth-order valence-electron chi connectivity index (χ4n) is 2.79. The van der Waals surface area contributed by atoms with Gasteiger partial charge in [0.1, 0.15) is 0 Å². The maximum absolute atomic E-state index is 12.4. The van der Waals surface area contributed by atoms with Crippen LogP contribution in [0, 0.1) is 0 Å². The molecule has 0 aliphatic heterocycles. The molecule has 3 rings (SSSR count). The molecule has 0 radical (unpaired) electrons. The number of hydrogen-bond donors (Lipinski definition) is 1. The van der Waals surface area contributed by atoms with Crippen LogP contribution >= 0.6 is 11.3 Å². The molecule has 3 aromatic rings. The topological polar surface area (TPSA) is 94.6 Å². The van der Waals surface area contributed by atoms with E-state index in [0.717, 1.165) is 11.1 Å². The number of amides is 1. The van der Waals surface area contributed by atoms with Crippen LogP contribution in [0.2, 0.25) is 0 Å². The minimum Gasteiger partial charge on any atom is -0.493 e. The van der Waals surface area contributed by atoms with Gasteiger partial charge in [-0.15, -0.1) is 11.3 Å². The highest BCUT2D eigenvalue weighted by Crippen LogP contribution is 2.33. The zero-order valence-corrected chi connectivity index (χ0v) is 18.5. The SMILES string of the molecule is CCS(=O)(=O)c1ccc(CC(=O)Nc2nc(-c3ccc(OC)c(OC)c3)cs2)cc1. The lowest BCUT2D eigenvalue weighted by molar-refractivity contribution is -0.115. The Kier molecular flexibility index (Phi) is 6.73. The lowest BCUT2D eigenvalue weighted by Crippen LogP contribution is -2.14. The molecule has 9 heteroatoms. The molecule has 7 nitrogen and oxygen atoms in total. The van der Waals surface area contributed by atoms with Gasteiger partial charge >= 0.3 is 0 Å². The van der Waals surface area contributed by atoms with Crippen LogP contribution in [0.1, 0.15) is 12.5 Å². The van der Waals surface area contributed by atoms with Gasteiger partial charge in [0.25, 0.3) is 0 Å². The normalized spacial score (nSPS) is 11.2. The Hall–Kier alpha value is -2.91. The zero-order chi connectivity index (χ0) is 21.7. The molecule has 1 aromatic heterocycles. The number of benzene rings is 2. The lowest BCUT2D eigenvalue weighted by atomic mass is 10.1. The third-order valence-electron chi connectivity index (χ3n) is 4.46. The predicted octanol–water partition coefficient (Wildman–Crippen LogP) is 3.80. The van der Waals surface area contributed by atoms with E-state index in [1.165, 1.54) is 23.5 Å². The highest BCUT2D eigenvalue weighted by Gasteiger charge is 2.13. The molecule has 0 aliphatic carbocycles. The number of ether oxygens (including phenoxy) is 2. The van der Waals surface area contributed by atoms with Crippen LogP contribution in [0.3, 0.4) is 0 Å². The second kappa shape index (κ2) is 9.27. The summed E-state index contributed by atoms with van der Waals surface area (Å²) in [7, 11) is -0.109. The van der Waals surface area contributed by atoms with Crippen molar-refractivity contribution in [1.82, 2.24) is 4.98 Å². The minimum atomic E-state index is -3.25. The molecule has 0 saturated carbocycles. The number of thiazole rings is 1. The standard InChI is InChI=1S/C21H22N2O5S2/c1-4-30(25,26)16-8-5-14(6-9-16)11-20(24)23-21-22-17(13-29-21)15-7-10-18(27-2)19(12-15)28-3/h5-10,12-13H,4,11H2,1-3H3,(H,22,23,24). The predicted molar refractivity (Wildman–Crippen MR) is 117 cm³/mol. The van der Waals surface area contributed by atoms with Crippen LogP contribution in [-0.2, 0) is 21.1 Å². The summed E-state index contributed by atoms with van der Waals surface area (Å²) in [5.74, 6) is 1.04. The third kappa shape index (κ3) is 4.98. The number of anilines is 1. The summed E-state index contributed by atoms with van der Waals surface area (Å²) in [6.45, 7) is 1.60. The number of hydrogen-bond acceptors (Lipinski definition) is 7. The molecule has 1 N–H and O–H groups in total. The number of carbonyl (C=O) groups excluding carboxylic acids is 1. The van der Waals surface area contributed by atoms with Gasteiger partial charge in [-0.3, -0.25) is 4.79 Å². The van der Waals surface area contributed by atoms with Crippen LogP contribution in [0.25, 0.3) is 11.3 Å². The highest BCUT2D eigenvalue weighted by molar-refractivity contribution is 7.91. The summed E-state index contributed by atoms with van der Waals surface area (Å²) in [5, 5.41) is 5.11. The molecule has 2 aromatic carbocycles. The number of sulfone groups is 1. The molecule has 0 atom stereocenters. The van der Waals surface area contributed by atoms with Gasteiger partial charge in [-0.25, -0.2) is 13.4 Å². The molecule has 0 unspecified atom stereocenters. The Balaban J connectivity index is 1.67. The smallest absolute Gasteiger partial charge is 0.230 e. The van der Waals surface area contributed by atoms with Gasteiger partial charge in [0.05, 0.1) is 37.0 Å². The lowest BCUT2D eigenvalue weighted by Gasteiger charge is -2.08. The Morgan fingerprint density at radius 1 is 1.07 bits per heavy atom. The monoisotopic (exact) mass is 446 g/mol. The van der Waals surface area contributed by atoms with Gasteiger partial charge in [-0.2, -0.15) is 0 Å². The summed E-state index contributed by atoms with van der Waals surface area (Å²) in [6.07, 6.45) is 0.123. The van der Waals surface area contributed by atoms with Crippen molar-refractivity contribution in [2.75, 3.05) is 25.3 Å². The van der Waals surface area contributed by atoms with Crippen LogP contribution in [-0.4, -0.2) is 39.3 Å². The molecule has 0 aliphatic rings. The Morgan fingerprint density at radius 2 is 1.77 bits per heavy atom. The van der Waals surface area contributed by atoms with Crippen molar-refractivity contribution in [2.24, 2.45) is 0 Å². The summed E-state index contributed by atoms with van der Waals surface area (Å²) in [5.41, 5.74) is 2.28. The molecular weight excluding hydrogens is 424 g/mol. The second-order valence-electron chi connectivity index (χ2n) is 6.38. The van der Waals surface area contributed by atoms with Crippen LogP contribution in [0.15, 0.2) is 52.7 Å². The van der Waals surface area contributed by atoms with E-state index in [1.54, 1.807) is 39.3 Å². The molecule has 158 valence electrons. The quantitative estimate of drug-likeness (QED) is 0.566. The van der Waals surface area contributed by atoms with Crippen LogP contribution < -0.4 is 14.8 Å². The van der Waals surface area contributed by atoms with E-state index < -0.39 is 9.84 Å². The van der Waals surface area contributed by atoms with Gasteiger partial charge in [0.15, 0.2) is 26.5 Å². The second-order valence-corrected chi connectivity index (χ2v) is 9.52. The van der Waals surface area contributed by atoms with Crippen molar-refractivity contribution in [3.63, 3.8) is 0 Å². The molecule has 0 spiro atoms. The minimum absolute atomic E-state index is 0.0410. The van der Waals surface area contributed by atoms with Crippen LogP contribution in [0.4, 0.5) is 5.13 Å². The van der Waals surface area contributed by atoms with E-state index >= 15 is 0 Å². The fourth-order valence-corrected chi connectivity index (χ4v) is 4.41. The molecule has 0 bridgehead atoms. The average Bonchev–Trinajstić information content (AvgIpc) is 3.21. The Labute approximate surface area is 179 Å². The van der Waals surface area contributed by atoms with Crippen molar-refractivity contribution in [2.45, 2.75) is 18.2 Å². The van der Waals surface area contributed by atoms with E-state index in [0.29, 0.717) is 22.3 Å². The fraction of sp³-hybridized carbons (Fsp3) is 0.238. The van der Waals surface area contributed by atoms with E-state index in [9.17, 15) is 13.2 Å². The van der Waals surface area contributed by atoms with Gasteiger partial charge in [0, 0.05) is 10.9 Å². The number of nitrogens with one attached hydrogen (secondary N) is 1. The van der Waals surface area contributed by atoms with Gasteiger partial charge in [-0.1, -0.05) is 19.1 Å². The van der Waals surface area contributed by atoms with Crippen LogP contribution in [0.5, 0.6) is 11.5 Å².